The molecule has 0 aliphatic heterocycles. The molecule has 5 heteroatoms. The lowest BCUT2D eigenvalue weighted by atomic mass is 10.2. The van der Waals surface area contributed by atoms with Gasteiger partial charge in [-0.2, -0.15) is 0 Å². The zero-order valence-electron chi connectivity index (χ0n) is 11.0. The predicted octanol–water partition coefficient (Wildman–Crippen LogP) is 2.14. The van der Waals surface area contributed by atoms with Crippen LogP contribution in [0.4, 0.5) is 0 Å². The van der Waals surface area contributed by atoms with Crippen LogP contribution in [0.5, 0.6) is 0 Å². The van der Waals surface area contributed by atoms with Gasteiger partial charge in [-0.15, -0.1) is 0 Å². The highest BCUT2D eigenvalue weighted by molar-refractivity contribution is 5.92. The molecule has 0 radical (unpaired) electrons. The molecule has 0 aliphatic carbocycles. The smallest absolute Gasteiger partial charge is 0.338 e. The summed E-state index contributed by atoms with van der Waals surface area (Å²) in [6.07, 6.45) is 0.665. The average molecular weight is 273 g/mol. The molecule has 104 valence electrons. The Morgan fingerprint density at radius 2 is 1.95 bits per heavy atom. The third-order valence-corrected chi connectivity index (χ3v) is 2.68. The van der Waals surface area contributed by atoms with Crippen LogP contribution in [0.25, 0.3) is 0 Å². The van der Waals surface area contributed by atoms with Crippen LogP contribution in [0.1, 0.15) is 23.0 Å². The second-order valence-corrected chi connectivity index (χ2v) is 4.21. The van der Waals surface area contributed by atoms with Gasteiger partial charge in [0.15, 0.2) is 6.10 Å². The zero-order valence-corrected chi connectivity index (χ0v) is 11.0. The van der Waals surface area contributed by atoms with Crippen LogP contribution in [-0.4, -0.2) is 18.0 Å². The van der Waals surface area contributed by atoms with E-state index in [2.05, 4.69) is 5.32 Å². The normalized spacial score (nSPS) is 11.7. The van der Waals surface area contributed by atoms with Crippen LogP contribution < -0.4 is 5.32 Å². The Morgan fingerprint density at radius 1 is 1.20 bits per heavy atom. The molecule has 0 saturated carbocycles. The van der Waals surface area contributed by atoms with Gasteiger partial charge in [-0.25, -0.2) is 4.79 Å². The largest absolute Gasteiger partial charge is 0.467 e. The van der Waals surface area contributed by atoms with Gasteiger partial charge in [0.05, 0.1) is 18.4 Å². The van der Waals surface area contributed by atoms with Crippen molar-refractivity contribution in [3.8, 4) is 0 Å². The highest BCUT2D eigenvalue weighted by atomic mass is 16.5. The number of amides is 1. The standard InChI is InChI=1S/C15H15NO4/c1-11(14(17)16-10-13-8-5-9-19-13)20-15(18)12-6-3-2-4-7-12/h2-9,11H,10H2,1H3,(H,16,17)/t11-/m1/s1. The quantitative estimate of drug-likeness (QED) is 0.847. The lowest BCUT2D eigenvalue weighted by molar-refractivity contribution is -0.129. The number of rotatable bonds is 5. The Morgan fingerprint density at radius 3 is 2.60 bits per heavy atom. The minimum atomic E-state index is -0.863. The maximum absolute atomic E-state index is 11.8. The first kappa shape index (κ1) is 13.9. The van der Waals surface area contributed by atoms with Crippen molar-refractivity contribution in [2.45, 2.75) is 19.6 Å². The first-order chi connectivity index (χ1) is 9.66. The fourth-order valence-corrected chi connectivity index (χ4v) is 1.59. The summed E-state index contributed by atoms with van der Waals surface area (Å²) in [7, 11) is 0. The third kappa shape index (κ3) is 3.71. The maximum atomic E-state index is 11.8. The Kier molecular flexibility index (Phi) is 4.55. The van der Waals surface area contributed by atoms with Crippen molar-refractivity contribution in [2.75, 3.05) is 0 Å². The van der Waals surface area contributed by atoms with Crippen LogP contribution >= 0.6 is 0 Å². The number of hydrogen-bond acceptors (Lipinski definition) is 4. The van der Waals surface area contributed by atoms with Crippen molar-refractivity contribution in [3.05, 3.63) is 60.1 Å². The first-order valence-corrected chi connectivity index (χ1v) is 6.23. The summed E-state index contributed by atoms with van der Waals surface area (Å²) in [6, 6.07) is 12.0. The molecule has 1 heterocycles. The van der Waals surface area contributed by atoms with Crippen molar-refractivity contribution in [1.82, 2.24) is 5.32 Å². The van der Waals surface area contributed by atoms with Crippen LogP contribution in [0.2, 0.25) is 0 Å². The van der Waals surface area contributed by atoms with Crippen molar-refractivity contribution < 1.29 is 18.7 Å². The van der Waals surface area contributed by atoms with E-state index in [0.29, 0.717) is 11.3 Å². The van der Waals surface area contributed by atoms with E-state index in [1.54, 1.807) is 42.5 Å². The Hall–Kier alpha value is -2.56. The molecular weight excluding hydrogens is 258 g/mol. The minimum absolute atomic E-state index is 0.263. The number of ether oxygens (including phenoxy) is 1. The maximum Gasteiger partial charge on any atom is 0.338 e. The number of esters is 1. The predicted molar refractivity (Wildman–Crippen MR) is 71.9 cm³/mol. The average Bonchev–Trinajstić information content (AvgIpc) is 2.98. The number of hydrogen-bond donors (Lipinski definition) is 1. The highest BCUT2D eigenvalue weighted by Gasteiger charge is 2.18. The van der Waals surface area contributed by atoms with Crippen LogP contribution in [0, 0.1) is 0 Å². The monoisotopic (exact) mass is 273 g/mol. The minimum Gasteiger partial charge on any atom is -0.467 e. The molecule has 0 aliphatic rings. The van der Waals surface area contributed by atoms with Crippen molar-refractivity contribution >= 4 is 11.9 Å². The van der Waals surface area contributed by atoms with Gasteiger partial charge in [0.1, 0.15) is 5.76 Å². The molecule has 5 nitrogen and oxygen atoms in total. The molecule has 2 rings (SSSR count). The van der Waals surface area contributed by atoms with Crippen LogP contribution in [0.15, 0.2) is 53.1 Å². The van der Waals surface area contributed by atoms with Gasteiger partial charge in [-0.1, -0.05) is 18.2 Å². The number of carbonyl (C=O) groups excluding carboxylic acids is 2. The van der Waals surface area contributed by atoms with Gasteiger partial charge in [-0.05, 0) is 31.2 Å². The Bertz CT molecular complexity index is 563. The molecular formula is C15H15NO4. The van der Waals surface area contributed by atoms with Gasteiger partial charge in [0, 0.05) is 0 Å². The summed E-state index contributed by atoms with van der Waals surface area (Å²) >= 11 is 0. The van der Waals surface area contributed by atoms with Gasteiger partial charge < -0.3 is 14.5 Å². The van der Waals surface area contributed by atoms with Gasteiger partial charge in [0.2, 0.25) is 0 Å². The lowest BCUT2D eigenvalue weighted by Gasteiger charge is -2.12. The van der Waals surface area contributed by atoms with E-state index in [1.807, 2.05) is 0 Å². The summed E-state index contributed by atoms with van der Waals surface area (Å²) < 4.78 is 10.2. The van der Waals surface area contributed by atoms with Crippen LogP contribution in [-0.2, 0) is 16.1 Å². The van der Waals surface area contributed by atoms with Gasteiger partial charge >= 0.3 is 5.97 Å². The lowest BCUT2D eigenvalue weighted by Crippen LogP contribution is -2.35. The fourth-order valence-electron chi connectivity index (χ4n) is 1.59. The fraction of sp³-hybridized carbons (Fsp3) is 0.200. The Labute approximate surface area is 116 Å². The van der Waals surface area contributed by atoms with Crippen molar-refractivity contribution in [2.24, 2.45) is 0 Å². The van der Waals surface area contributed by atoms with E-state index in [0.717, 1.165) is 0 Å². The number of benzene rings is 1. The molecule has 0 spiro atoms. The molecule has 1 N–H and O–H groups in total. The Balaban J connectivity index is 1.83. The summed E-state index contributed by atoms with van der Waals surface area (Å²) in [5.41, 5.74) is 0.415. The molecule has 0 bridgehead atoms. The van der Waals surface area contributed by atoms with E-state index in [9.17, 15) is 9.59 Å². The molecule has 1 amide bonds. The molecule has 2 aromatic rings. The molecule has 0 saturated heterocycles. The summed E-state index contributed by atoms with van der Waals surface area (Å²) in [5.74, 6) is -0.253. The second kappa shape index (κ2) is 6.56. The zero-order chi connectivity index (χ0) is 14.4. The van der Waals surface area contributed by atoms with Gasteiger partial charge in [0.25, 0.3) is 5.91 Å². The molecule has 0 unspecified atom stereocenters. The van der Waals surface area contributed by atoms with Gasteiger partial charge in [-0.3, -0.25) is 4.79 Å². The third-order valence-electron chi connectivity index (χ3n) is 2.68. The van der Waals surface area contributed by atoms with E-state index in [1.165, 1.54) is 13.2 Å². The van der Waals surface area contributed by atoms with E-state index in [-0.39, 0.29) is 12.5 Å². The van der Waals surface area contributed by atoms with Crippen molar-refractivity contribution in [1.29, 1.82) is 0 Å². The highest BCUT2D eigenvalue weighted by Crippen LogP contribution is 2.04. The van der Waals surface area contributed by atoms with Crippen LogP contribution in [0.3, 0.4) is 0 Å². The van der Waals surface area contributed by atoms with Crippen molar-refractivity contribution in [3.63, 3.8) is 0 Å². The molecule has 0 fully saturated rings. The first-order valence-electron chi connectivity index (χ1n) is 6.23. The summed E-state index contributed by atoms with van der Waals surface area (Å²) in [4.78, 5) is 23.5. The summed E-state index contributed by atoms with van der Waals surface area (Å²) in [6.45, 7) is 1.79. The van der Waals surface area contributed by atoms with E-state index < -0.39 is 12.1 Å². The number of furan rings is 1. The van der Waals surface area contributed by atoms with E-state index >= 15 is 0 Å². The topological polar surface area (TPSA) is 68.5 Å². The molecule has 20 heavy (non-hydrogen) atoms. The molecule has 1 atom stereocenters. The SMILES string of the molecule is C[C@@H](OC(=O)c1ccccc1)C(=O)NCc1ccco1. The number of carbonyl (C=O) groups is 2. The van der Waals surface area contributed by atoms with E-state index in [4.69, 9.17) is 9.15 Å². The summed E-state index contributed by atoms with van der Waals surface area (Å²) in [5, 5.41) is 2.63. The molecule has 1 aromatic heterocycles. The molecule has 1 aromatic carbocycles. The second-order valence-electron chi connectivity index (χ2n) is 4.21. The number of nitrogens with one attached hydrogen (secondary N) is 1.